The molecule has 2 heteroatoms. The zero-order chi connectivity index (χ0) is 5.98. The molecular formula is C6H12OS. The van der Waals surface area contributed by atoms with Crippen molar-refractivity contribution in [3.63, 3.8) is 0 Å². The highest BCUT2D eigenvalue weighted by molar-refractivity contribution is 7.80. The van der Waals surface area contributed by atoms with E-state index in [4.69, 9.17) is 4.74 Å². The molecule has 1 aliphatic heterocycles. The van der Waals surface area contributed by atoms with Gasteiger partial charge in [0.2, 0.25) is 0 Å². The number of epoxide rings is 1. The third-order valence-corrected chi connectivity index (χ3v) is 1.98. The van der Waals surface area contributed by atoms with Crippen LogP contribution in [0.2, 0.25) is 0 Å². The second kappa shape index (κ2) is 2.74. The van der Waals surface area contributed by atoms with Gasteiger partial charge in [0.05, 0.1) is 12.7 Å². The summed E-state index contributed by atoms with van der Waals surface area (Å²) in [6.07, 6.45) is 2.85. The summed E-state index contributed by atoms with van der Waals surface area (Å²) >= 11 is 4.33. The average molecular weight is 132 g/mol. The highest BCUT2D eigenvalue weighted by Crippen LogP contribution is 2.19. The van der Waals surface area contributed by atoms with Gasteiger partial charge in [0.15, 0.2) is 0 Å². The molecule has 0 aromatic heterocycles. The number of ether oxygens (including phenoxy) is 1. The van der Waals surface area contributed by atoms with E-state index >= 15 is 0 Å². The molecule has 2 atom stereocenters. The standard InChI is InChI=1S/C6H12OS/c1-2-6(8)3-5-4-7-5/h5-6,8H,2-4H2,1H3. The summed E-state index contributed by atoms with van der Waals surface area (Å²) in [6, 6.07) is 0. The Balaban J connectivity index is 1.98. The lowest BCUT2D eigenvalue weighted by atomic mass is 10.2. The Bertz CT molecular complexity index is 70.9. The van der Waals surface area contributed by atoms with E-state index in [1.165, 1.54) is 0 Å². The lowest BCUT2D eigenvalue weighted by Gasteiger charge is -2.01. The summed E-state index contributed by atoms with van der Waals surface area (Å²) in [5, 5.41) is 0.558. The van der Waals surface area contributed by atoms with Gasteiger partial charge in [-0.15, -0.1) is 0 Å². The Labute approximate surface area is 55.8 Å². The first-order valence-corrected chi connectivity index (χ1v) is 3.64. The fraction of sp³-hybridized carbons (Fsp3) is 1.00. The molecule has 1 fully saturated rings. The lowest BCUT2D eigenvalue weighted by molar-refractivity contribution is 0.393. The Morgan fingerprint density at radius 3 is 2.88 bits per heavy atom. The third kappa shape index (κ3) is 2.05. The van der Waals surface area contributed by atoms with Gasteiger partial charge in [0, 0.05) is 5.25 Å². The number of rotatable bonds is 3. The molecule has 0 N–H and O–H groups in total. The van der Waals surface area contributed by atoms with Crippen molar-refractivity contribution >= 4 is 12.6 Å². The molecular weight excluding hydrogens is 120 g/mol. The van der Waals surface area contributed by atoms with Crippen LogP contribution < -0.4 is 0 Å². The molecule has 2 unspecified atom stereocenters. The zero-order valence-electron chi connectivity index (χ0n) is 5.13. The molecule has 0 aromatic rings. The van der Waals surface area contributed by atoms with Crippen molar-refractivity contribution in [1.82, 2.24) is 0 Å². The van der Waals surface area contributed by atoms with E-state index in [0.29, 0.717) is 11.4 Å². The summed E-state index contributed by atoms with van der Waals surface area (Å²) in [7, 11) is 0. The van der Waals surface area contributed by atoms with Crippen LogP contribution >= 0.6 is 12.6 Å². The maximum absolute atomic E-state index is 5.03. The summed E-state index contributed by atoms with van der Waals surface area (Å²) < 4.78 is 5.03. The van der Waals surface area contributed by atoms with Gasteiger partial charge in [-0.1, -0.05) is 6.92 Å². The lowest BCUT2D eigenvalue weighted by Crippen LogP contribution is -2.00. The fourth-order valence-electron chi connectivity index (χ4n) is 0.674. The molecule has 0 radical (unpaired) electrons. The highest BCUT2D eigenvalue weighted by Gasteiger charge is 2.23. The first-order chi connectivity index (χ1) is 3.83. The predicted molar refractivity (Wildman–Crippen MR) is 37.4 cm³/mol. The second-order valence-electron chi connectivity index (χ2n) is 2.25. The van der Waals surface area contributed by atoms with Crippen LogP contribution in [0.4, 0.5) is 0 Å². The van der Waals surface area contributed by atoms with Gasteiger partial charge in [0.1, 0.15) is 0 Å². The number of hydrogen-bond donors (Lipinski definition) is 1. The minimum atomic E-state index is 0.553. The fourth-order valence-corrected chi connectivity index (χ4v) is 0.909. The maximum atomic E-state index is 5.03. The van der Waals surface area contributed by atoms with E-state index < -0.39 is 0 Å². The van der Waals surface area contributed by atoms with Crippen molar-refractivity contribution in [2.45, 2.75) is 31.1 Å². The second-order valence-corrected chi connectivity index (χ2v) is 2.98. The van der Waals surface area contributed by atoms with Crippen LogP contribution in [0.25, 0.3) is 0 Å². The largest absolute Gasteiger partial charge is 0.373 e. The SMILES string of the molecule is CCC(S)CC1CO1. The van der Waals surface area contributed by atoms with Crippen LogP contribution in [0, 0.1) is 0 Å². The Morgan fingerprint density at radius 1 is 1.88 bits per heavy atom. The molecule has 0 amide bonds. The quantitative estimate of drug-likeness (QED) is 0.453. The van der Waals surface area contributed by atoms with Gasteiger partial charge < -0.3 is 4.74 Å². The monoisotopic (exact) mass is 132 g/mol. The van der Waals surface area contributed by atoms with Crippen molar-refractivity contribution in [3.05, 3.63) is 0 Å². The Hall–Kier alpha value is 0.310. The van der Waals surface area contributed by atoms with E-state index in [-0.39, 0.29) is 0 Å². The van der Waals surface area contributed by atoms with E-state index in [0.717, 1.165) is 19.4 Å². The molecule has 0 aromatic carbocycles. The van der Waals surface area contributed by atoms with E-state index in [1.54, 1.807) is 0 Å². The maximum Gasteiger partial charge on any atom is 0.0820 e. The minimum absolute atomic E-state index is 0.553. The van der Waals surface area contributed by atoms with Crippen LogP contribution in [0.5, 0.6) is 0 Å². The van der Waals surface area contributed by atoms with Gasteiger partial charge in [0.25, 0.3) is 0 Å². The predicted octanol–water partition coefficient (Wildman–Crippen LogP) is 1.48. The highest BCUT2D eigenvalue weighted by atomic mass is 32.1. The molecule has 0 saturated carbocycles. The number of hydrogen-bond acceptors (Lipinski definition) is 2. The van der Waals surface area contributed by atoms with Crippen LogP contribution in [-0.4, -0.2) is 18.0 Å². The van der Waals surface area contributed by atoms with Crippen molar-refractivity contribution in [2.75, 3.05) is 6.61 Å². The number of thiol groups is 1. The van der Waals surface area contributed by atoms with Crippen LogP contribution in [0.3, 0.4) is 0 Å². The molecule has 1 heterocycles. The van der Waals surface area contributed by atoms with Gasteiger partial charge in [-0.2, -0.15) is 12.6 Å². The Morgan fingerprint density at radius 2 is 2.50 bits per heavy atom. The van der Waals surface area contributed by atoms with Crippen LogP contribution in [-0.2, 0) is 4.74 Å². The van der Waals surface area contributed by atoms with Gasteiger partial charge in [-0.25, -0.2) is 0 Å². The molecule has 48 valence electrons. The topological polar surface area (TPSA) is 12.5 Å². The molecule has 1 rings (SSSR count). The van der Waals surface area contributed by atoms with Crippen molar-refractivity contribution in [1.29, 1.82) is 0 Å². The van der Waals surface area contributed by atoms with Crippen molar-refractivity contribution in [3.8, 4) is 0 Å². The molecule has 1 aliphatic rings. The van der Waals surface area contributed by atoms with E-state index in [2.05, 4.69) is 19.6 Å². The minimum Gasteiger partial charge on any atom is -0.373 e. The molecule has 0 bridgehead atoms. The first-order valence-electron chi connectivity index (χ1n) is 3.12. The van der Waals surface area contributed by atoms with Crippen LogP contribution in [0.15, 0.2) is 0 Å². The molecule has 1 saturated heterocycles. The molecule has 0 aliphatic carbocycles. The summed E-state index contributed by atoms with van der Waals surface area (Å²) in [4.78, 5) is 0. The smallest absolute Gasteiger partial charge is 0.0820 e. The normalized spacial score (nSPS) is 30.0. The van der Waals surface area contributed by atoms with E-state index in [9.17, 15) is 0 Å². The first kappa shape index (κ1) is 6.43. The van der Waals surface area contributed by atoms with Crippen molar-refractivity contribution in [2.24, 2.45) is 0 Å². The van der Waals surface area contributed by atoms with Crippen LogP contribution in [0.1, 0.15) is 19.8 Å². The van der Waals surface area contributed by atoms with Gasteiger partial charge >= 0.3 is 0 Å². The van der Waals surface area contributed by atoms with Crippen molar-refractivity contribution < 1.29 is 4.74 Å². The Kier molecular flexibility index (Phi) is 2.20. The van der Waals surface area contributed by atoms with E-state index in [1.807, 2.05) is 0 Å². The molecule has 1 nitrogen and oxygen atoms in total. The summed E-state index contributed by atoms with van der Waals surface area (Å²) in [5.41, 5.74) is 0. The van der Waals surface area contributed by atoms with Gasteiger partial charge in [-0.05, 0) is 12.8 Å². The average Bonchev–Trinajstić information content (AvgIpc) is 2.50. The zero-order valence-corrected chi connectivity index (χ0v) is 6.03. The summed E-state index contributed by atoms with van der Waals surface area (Å²) in [5.74, 6) is 0. The van der Waals surface area contributed by atoms with Gasteiger partial charge in [-0.3, -0.25) is 0 Å². The third-order valence-electron chi connectivity index (χ3n) is 1.41. The summed E-state index contributed by atoms with van der Waals surface area (Å²) in [6.45, 7) is 3.12. The molecule has 0 spiro atoms. The molecule has 8 heavy (non-hydrogen) atoms.